The third kappa shape index (κ3) is 8.62. The Hall–Kier alpha value is -0.535. The molecule has 0 aromatic carbocycles. The Kier molecular flexibility index (Phi) is 11.1. The molecule has 3 N–H and O–H groups in total. The molecule has 2 rings (SSSR count). The summed E-state index contributed by atoms with van der Waals surface area (Å²) in [5.41, 5.74) is 0. The number of aliphatic hydroxyl groups is 2. The number of aliphatic hydroxyl groups excluding tert-OH is 2. The van der Waals surface area contributed by atoms with Crippen LogP contribution in [0, 0.1) is 17.8 Å². The maximum absolute atomic E-state index is 10.5. The van der Waals surface area contributed by atoms with Gasteiger partial charge < -0.3 is 15.3 Å². The van der Waals surface area contributed by atoms with Gasteiger partial charge in [0.15, 0.2) is 0 Å². The monoisotopic (exact) mass is 498 g/mol. The van der Waals surface area contributed by atoms with Gasteiger partial charge in [-0.3, -0.25) is 4.79 Å². The molecule has 1 fully saturated rings. The van der Waals surface area contributed by atoms with E-state index in [2.05, 4.69) is 22.0 Å². The summed E-state index contributed by atoms with van der Waals surface area (Å²) in [4.78, 5) is 11.8. The van der Waals surface area contributed by atoms with Crippen molar-refractivity contribution in [2.24, 2.45) is 17.8 Å². The number of allylic oxidation sites excluding steroid dienone is 2. The third-order valence-corrected chi connectivity index (χ3v) is 7.89. The molecule has 1 aromatic rings. The quantitative estimate of drug-likeness (QED) is 0.227. The lowest BCUT2D eigenvalue weighted by Crippen LogP contribution is -2.19. The molecule has 8 heteroatoms. The number of thiophene rings is 1. The van der Waals surface area contributed by atoms with Crippen molar-refractivity contribution < 1.29 is 20.1 Å². The van der Waals surface area contributed by atoms with Gasteiger partial charge in [0, 0.05) is 20.5 Å². The first-order chi connectivity index (χ1) is 13.9. The Labute approximate surface area is 191 Å². The van der Waals surface area contributed by atoms with E-state index in [9.17, 15) is 15.0 Å². The number of rotatable bonds is 12. The number of carbonyl (C=O) groups is 1. The van der Waals surface area contributed by atoms with Crippen LogP contribution in [0.5, 0.6) is 0 Å². The lowest BCUT2D eigenvalue weighted by atomic mass is 9.80. The van der Waals surface area contributed by atoms with E-state index in [0.717, 1.165) is 17.3 Å². The van der Waals surface area contributed by atoms with Gasteiger partial charge in [0.05, 0.1) is 25.8 Å². The number of hydrogen-bond donors (Lipinski definition) is 3. The van der Waals surface area contributed by atoms with Gasteiger partial charge in [0.1, 0.15) is 0 Å². The van der Waals surface area contributed by atoms with Crippen molar-refractivity contribution in [3.8, 4) is 0 Å². The van der Waals surface area contributed by atoms with Crippen molar-refractivity contribution in [2.75, 3.05) is 11.5 Å². The van der Waals surface area contributed by atoms with Gasteiger partial charge in [0.25, 0.3) is 0 Å². The lowest BCUT2D eigenvalue weighted by Gasteiger charge is -2.21. The van der Waals surface area contributed by atoms with E-state index in [0.29, 0.717) is 24.9 Å². The normalized spacial score (nSPS) is 25.9. The largest absolute Gasteiger partial charge is 0.481 e. The van der Waals surface area contributed by atoms with Gasteiger partial charge in [-0.25, -0.2) is 0 Å². The molecule has 0 aliphatic heterocycles. The van der Waals surface area contributed by atoms with E-state index >= 15 is 0 Å². The minimum atomic E-state index is -0.809. The SMILES string of the molecule is [B]C[C@@H]1CC(O)[C@H](CC=CCSCC(=O)O)[C@H]1C=C[C@@H](O)CCc1cc(Br)cs1. The Morgan fingerprint density at radius 1 is 1.45 bits per heavy atom. The molecule has 29 heavy (non-hydrogen) atoms. The second-order valence-corrected chi connectivity index (χ2v) is 10.3. The smallest absolute Gasteiger partial charge is 0.313 e. The summed E-state index contributed by atoms with van der Waals surface area (Å²) < 4.78 is 1.07. The highest BCUT2D eigenvalue weighted by atomic mass is 79.9. The Bertz CT molecular complexity index is 694. The summed E-state index contributed by atoms with van der Waals surface area (Å²) in [6.07, 6.45) is 10.4. The van der Waals surface area contributed by atoms with Crippen molar-refractivity contribution >= 4 is 52.8 Å². The van der Waals surface area contributed by atoms with Crippen LogP contribution in [0.4, 0.5) is 0 Å². The number of halogens is 1. The third-order valence-electron chi connectivity index (χ3n) is 5.26. The molecule has 1 aliphatic carbocycles. The minimum Gasteiger partial charge on any atom is -0.481 e. The van der Waals surface area contributed by atoms with Crippen LogP contribution in [0.15, 0.2) is 40.2 Å². The standard InChI is InChI=1S/C21H28BBrO4S2/c22-11-14-9-20(25)19(3-1-2-8-28-13-21(26)27)18(14)7-5-16(24)4-6-17-10-15(23)12-29-17/h1-2,5,7,10,12,14,16,18-20,24-25H,3-4,6,8-9,11,13H2,(H,26,27)/t14-,16-,18-,19+,20?/m0/s1. The average molecular weight is 499 g/mol. The second-order valence-electron chi connectivity index (χ2n) is 7.38. The first kappa shape index (κ1) is 24.7. The Morgan fingerprint density at radius 2 is 2.24 bits per heavy atom. The first-order valence-corrected chi connectivity index (χ1v) is 12.7. The zero-order valence-electron chi connectivity index (χ0n) is 16.3. The molecular weight excluding hydrogens is 471 g/mol. The lowest BCUT2D eigenvalue weighted by molar-refractivity contribution is -0.133. The average Bonchev–Trinajstić information content (AvgIpc) is 3.23. The molecule has 1 aromatic heterocycles. The highest BCUT2D eigenvalue weighted by Gasteiger charge is 2.39. The summed E-state index contributed by atoms with van der Waals surface area (Å²) in [5.74, 6) is 0.348. The van der Waals surface area contributed by atoms with Crippen molar-refractivity contribution in [3.05, 3.63) is 45.1 Å². The highest BCUT2D eigenvalue weighted by molar-refractivity contribution is 9.10. The predicted octanol–water partition coefficient (Wildman–Crippen LogP) is 4.32. The predicted molar refractivity (Wildman–Crippen MR) is 126 cm³/mol. The minimum absolute atomic E-state index is 0.0703. The summed E-state index contributed by atoms with van der Waals surface area (Å²) >= 11 is 6.48. The fraction of sp³-hybridized carbons (Fsp3) is 0.571. The molecule has 5 atom stereocenters. The van der Waals surface area contributed by atoms with Crippen molar-refractivity contribution in [1.29, 1.82) is 0 Å². The summed E-state index contributed by atoms with van der Waals surface area (Å²) in [6.45, 7) is 0. The molecule has 1 heterocycles. The van der Waals surface area contributed by atoms with Crippen molar-refractivity contribution in [1.82, 2.24) is 0 Å². The molecule has 0 saturated heterocycles. The summed E-state index contributed by atoms with van der Waals surface area (Å²) in [5, 5.41) is 31.5. The summed E-state index contributed by atoms with van der Waals surface area (Å²) in [7, 11) is 5.93. The Morgan fingerprint density at radius 3 is 2.90 bits per heavy atom. The topological polar surface area (TPSA) is 77.8 Å². The van der Waals surface area contributed by atoms with Crippen LogP contribution in [-0.4, -0.2) is 52.8 Å². The van der Waals surface area contributed by atoms with Crippen LogP contribution >= 0.6 is 39.0 Å². The molecule has 2 radical (unpaired) electrons. The maximum atomic E-state index is 10.5. The molecule has 1 saturated carbocycles. The van der Waals surface area contributed by atoms with E-state index in [4.69, 9.17) is 13.0 Å². The van der Waals surface area contributed by atoms with E-state index < -0.39 is 18.2 Å². The fourth-order valence-corrected chi connectivity index (χ4v) is 5.81. The molecule has 0 bridgehead atoms. The fourth-order valence-electron chi connectivity index (χ4n) is 3.78. The number of aryl methyl sites for hydroxylation is 1. The van der Waals surface area contributed by atoms with Crippen LogP contribution in [0.3, 0.4) is 0 Å². The first-order valence-electron chi connectivity index (χ1n) is 9.82. The van der Waals surface area contributed by atoms with Gasteiger partial charge >= 0.3 is 5.97 Å². The van der Waals surface area contributed by atoms with Crippen LogP contribution in [0.25, 0.3) is 0 Å². The van der Waals surface area contributed by atoms with Gasteiger partial charge in [0.2, 0.25) is 0 Å². The number of carboxylic acids is 1. The summed E-state index contributed by atoms with van der Waals surface area (Å²) in [6, 6.07) is 2.08. The van der Waals surface area contributed by atoms with Gasteiger partial charge in [-0.05, 0) is 65.4 Å². The van der Waals surface area contributed by atoms with E-state index in [1.54, 1.807) is 11.3 Å². The number of aliphatic carboxylic acids is 1. The zero-order chi connectivity index (χ0) is 21.2. The van der Waals surface area contributed by atoms with Crippen LogP contribution in [0.1, 0.15) is 24.1 Å². The maximum Gasteiger partial charge on any atom is 0.313 e. The molecule has 0 spiro atoms. The van der Waals surface area contributed by atoms with Gasteiger partial charge in [-0.2, -0.15) is 0 Å². The molecule has 1 aliphatic rings. The number of hydrogen-bond acceptors (Lipinski definition) is 5. The molecule has 0 amide bonds. The van der Waals surface area contributed by atoms with Gasteiger partial charge in [-0.15, -0.1) is 23.1 Å². The van der Waals surface area contributed by atoms with Crippen molar-refractivity contribution in [2.45, 2.75) is 44.2 Å². The number of carboxylic acid groups (broad SMARTS) is 1. The van der Waals surface area contributed by atoms with E-state index in [1.807, 2.05) is 29.7 Å². The van der Waals surface area contributed by atoms with E-state index in [-0.39, 0.29) is 23.5 Å². The van der Waals surface area contributed by atoms with Crippen LogP contribution in [-0.2, 0) is 11.2 Å². The Balaban J connectivity index is 1.86. The van der Waals surface area contributed by atoms with Crippen LogP contribution < -0.4 is 0 Å². The highest BCUT2D eigenvalue weighted by Crippen LogP contribution is 2.42. The molecule has 4 nitrogen and oxygen atoms in total. The van der Waals surface area contributed by atoms with Gasteiger partial charge in [-0.1, -0.05) is 30.6 Å². The molecule has 1 unspecified atom stereocenters. The second kappa shape index (κ2) is 13.0. The number of thioether (sulfide) groups is 1. The van der Waals surface area contributed by atoms with E-state index in [1.165, 1.54) is 16.6 Å². The molecule has 158 valence electrons. The van der Waals surface area contributed by atoms with Crippen LogP contribution in [0.2, 0.25) is 6.32 Å². The zero-order valence-corrected chi connectivity index (χ0v) is 19.5. The van der Waals surface area contributed by atoms with Crippen molar-refractivity contribution in [3.63, 3.8) is 0 Å². The molecular formula is C21H28BBrO4S2.